The molecule has 1 aliphatic rings. The lowest BCUT2D eigenvalue weighted by molar-refractivity contribution is -0.125. The molecule has 2 aromatic carbocycles. The molecule has 1 aliphatic heterocycles. The molecule has 4 rings (SSSR count). The van der Waals surface area contributed by atoms with Crippen molar-refractivity contribution in [1.82, 2.24) is 19.7 Å². The van der Waals surface area contributed by atoms with E-state index in [0.717, 1.165) is 25.1 Å². The first kappa shape index (κ1) is 22.6. The van der Waals surface area contributed by atoms with Crippen molar-refractivity contribution in [3.05, 3.63) is 54.1 Å². The van der Waals surface area contributed by atoms with Crippen molar-refractivity contribution in [2.45, 2.75) is 19.9 Å². The predicted molar refractivity (Wildman–Crippen MR) is 134 cm³/mol. The Hall–Kier alpha value is -3.56. The summed E-state index contributed by atoms with van der Waals surface area (Å²) in [5, 5.41) is 5.13. The van der Waals surface area contributed by atoms with Crippen molar-refractivity contribution in [3.8, 4) is 12.3 Å². The van der Waals surface area contributed by atoms with E-state index < -0.39 is 0 Å². The van der Waals surface area contributed by atoms with E-state index in [4.69, 9.17) is 6.42 Å². The van der Waals surface area contributed by atoms with E-state index in [1.165, 1.54) is 21.8 Å². The highest BCUT2D eigenvalue weighted by molar-refractivity contribution is 6.08. The fourth-order valence-corrected chi connectivity index (χ4v) is 4.55. The molecule has 1 fully saturated rings. The summed E-state index contributed by atoms with van der Waals surface area (Å²) in [6.45, 7) is 6.38. The molecule has 33 heavy (non-hydrogen) atoms. The van der Waals surface area contributed by atoms with Gasteiger partial charge in [0.1, 0.15) is 0 Å². The fraction of sp³-hybridized carbons (Fsp3) is 0.333. The van der Waals surface area contributed by atoms with E-state index in [1.807, 2.05) is 11.0 Å². The first-order chi connectivity index (χ1) is 16.1. The molecule has 0 saturated carbocycles. The standard InChI is InChI=1S/C27H30N4O2/c1-3-14-28-26(32)20-29-15-7-16-30(18-17-29)27(33)13-11-21-10-12-25-23(19-21)22-8-5-6-9-24(22)31(25)4-2/h1,5-6,8-13,19H,4,7,14-18,20H2,2H3,(H,28,32)/b13-11+. The fourth-order valence-electron chi connectivity index (χ4n) is 4.55. The summed E-state index contributed by atoms with van der Waals surface area (Å²) in [6, 6.07) is 14.8. The van der Waals surface area contributed by atoms with Gasteiger partial charge in [0, 0.05) is 60.6 Å². The van der Waals surface area contributed by atoms with Gasteiger partial charge in [-0.05, 0) is 43.2 Å². The number of aryl methyl sites for hydroxylation is 1. The molecule has 1 N–H and O–H groups in total. The average molecular weight is 443 g/mol. The smallest absolute Gasteiger partial charge is 0.246 e. The highest BCUT2D eigenvalue weighted by Crippen LogP contribution is 2.30. The van der Waals surface area contributed by atoms with Crippen molar-refractivity contribution in [2.24, 2.45) is 0 Å². The SMILES string of the molecule is C#CCNC(=O)CN1CCCN(C(=O)/C=C/c2ccc3c(c2)c2ccccc2n3CC)CC1. The van der Waals surface area contributed by atoms with Crippen LogP contribution in [0.1, 0.15) is 18.9 Å². The number of carbonyl (C=O) groups excluding carboxylic acids is 2. The van der Waals surface area contributed by atoms with Gasteiger partial charge in [0.25, 0.3) is 0 Å². The summed E-state index contributed by atoms with van der Waals surface area (Å²) in [5.41, 5.74) is 3.45. The summed E-state index contributed by atoms with van der Waals surface area (Å²) < 4.78 is 2.32. The molecule has 0 spiro atoms. The van der Waals surface area contributed by atoms with Crippen LogP contribution in [0, 0.1) is 12.3 Å². The zero-order chi connectivity index (χ0) is 23.2. The van der Waals surface area contributed by atoms with E-state index in [0.29, 0.717) is 26.2 Å². The Kier molecular flexibility index (Phi) is 7.11. The van der Waals surface area contributed by atoms with Crippen LogP contribution in [0.5, 0.6) is 0 Å². The topological polar surface area (TPSA) is 57.6 Å². The van der Waals surface area contributed by atoms with Crippen LogP contribution in [0.3, 0.4) is 0 Å². The minimum absolute atomic E-state index is 0.00437. The Balaban J connectivity index is 1.43. The normalized spacial score (nSPS) is 15.1. The van der Waals surface area contributed by atoms with Crippen LogP contribution in [0.15, 0.2) is 48.5 Å². The third-order valence-corrected chi connectivity index (χ3v) is 6.19. The number of para-hydroxylation sites is 1. The zero-order valence-corrected chi connectivity index (χ0v) is 19.1. The maximum Gasteiger partial charge on any atom is 0.246 e. The average Bonchev–Trinajstić information content (AvgIpc) is 2.96. The molecule has 3 aromatic rings. The molecule has 0 unspecified atom stereocenters. The summed E-state index contributed by atoms with van der Waals surface area (Å²) in [7, 11) is 0. The van der Waals surface area contributed by atoms with Gasteiger partial charge in [-0.3, -0.25) is 14.5 Å². The molecular weight excluding hydrogens is 412 g/mol. The van der Waals surface area contributed by atoms with Gasteiger partial charge in [0.05, 0.1) is 13.1 Å². The van der Waals surface area contributed by atoms with Gasteiger partial charge in [0.2, 0.25) is 11.8 Å². The van der Waals surface area contributed by atoms with E-state index in [1.54, 1.807) is 6.08 Å². The Morgan fingerprint density at radius 3 is 2.70 bits per heavy atom. The predicted octanol–water partition coefficient (Wildman–Crippen LogP) is 3.11. The molecule has 6 heteroatoms. The minimum Gasteiger partial charge on any atom is -0.344 e. The maximum atomic E-state index is 12.8. The van der Waals surface area contributed by atoms with Gasteiger partial charge < -0.3 is 14.8 Å². The zero-order valence-electron chi connectivity index (χ0n) is 19.1. The molecule has 1 aromatic heterocycles. The Bertz CT molecular complexity index is 1230. The van der Waals surface area contributed by atoms with E-state index >= 15 is 0 Å². The molecule has 6 nitrogen and oxygen atoms in total. The largest absolute Gasteiger partial charge is 0.344 e. The number of nitrogens with one attached hydrogen (secondary N) is 1. The Morgan fingerprint density at radius 1 is 1.06 bits per heavy atom. The van der Waals surface area contributed by atoms with Crippen LogP contribution in [0.25, 0.3) is 27.9 Å². The van der Waals surface area contributed by atoms with Gasteiger partial charge in [-0.2, -0.15) is 0 Å². The molecule has 1 saturated heterocycles. The van der Waals surface area contributed by atoms with Crippen molar-refractivity contribution in [1.29, 1.82) is 0 Å². The summed E-state index contributed by atoms with van der Waals surface area (Å²) in [6.07, 6.45) is 9.58. The van der Waals surface area contributed by atoms with E-state index in [2.05, 4.69) is 70.1 Å². The molecule has 0 radical (unpaired) electrons. The van der Waals surface area contributed by atoms with E-state index in [-0.39, 0.29) is 18.4 Å². The van der Waals surface area contributed by atoms with Gasteiger partial charge in [-0.1, -0.05) is 30.2 Å². The molecule has 0 atom stereocenters. The van der Waals surface area contributed by atoms with Crippen molar-refractivity contribution in [3.63, 3.8) is 0 Å². The second-order valence-electron chi connectivity index (χ2n) is 8.31. The number of hydrogen-bond acceptors (Lipinski definition) is 3. The van der Waals surface area contributed by atoms with Crippen molar-refractivity contribution in [2.75, 3.05) is 39.3 Å². The number of fused-ring (bicyclic) bond motifs is 3. The van der Waals surface area contributed by atoms with Gasteiger partial charge in [-0.15, -0.1) is 6.42 Å². The monoisotopic (exact) mass is 442 g/mol. The van der Waals surface area contributed by atoms with Crippen LogP contribution >= 0.6 is 0 Å². The highest BCUT2D eigenvalue weighted by Gasteiger charge is 2.19. The lowest BCUT2D eigenvalue weighted by Crippen LogP contribution is -2.39. The minimum atomic E-state index is -0.0764. The third kappa shape index (κ3) is 5.10. The van der Waals surface area contributed by atoms with Crippen LogP contribution in [0.4, 0.5) is 0 Å². The Morgan fingerprint density at radius 2 is 1.88 bits per heavy atom. The third-order valence-electron chi connectivity index (χ3n) is 6.19. The van der Waals surface area contributed by atoms with Gasteiger partial charge in [0.15, 0.2) is 0 Å². The van der Waals surface area contributed by atoms with E-state index in [9.17, 15) is 9.59 Å². The number of terminal acetylenes is 1. The number of carbonyl (C=O) groups is 2. The molecule has 2 heterocycles. The highest BCUT2D eigenvalue weighted by atomic mass is 16.2. The number of nitrogens with zero attached hydrogens (tertiary/aromatic N) is 3. The lowest BCUT2D eigenvalue weighted by atomic mass is 10.1. The summed E-state index contributed by atoms with van der Waals surface area (Å²) in [5.74, 6) is 2.34. The van der Waals surface area contributed by atoms with Crippen LogP contribution in [-0.2, 0) is 16.1 Å². The molecule has 2 amide bonds. The first-order valence-corrected chi connectivity index (χ1v) is 11.5. The lowest BCUT2D eigenvalue weighted by Gasteiger charge is -2.20. The molecular formula is C27H30N4O2. The summed E-state index contributed by atoms with van der Waals surface area (Å²) in [4.78, 5) is 28.7. The van der Waals surface area contributed by atoms with Crippen LogP contribution in [0.2, 0.25) is 0 Å². The second-order valence-corrected chi connectivity index (χ2v) is 8.31. The van der Waals surface area contributed by atoms with Gasteiger partial charge in [-0.25, -0.2) is 0 Å². The second kappa shape index (κ2) is 10.4. The summed E-state index contributed by atoms with van der Waals surface area (Å²) >= 11 is 0. The Labute approximate surface area is 194 Å². The molecule has 0 bridgehead atoms. The van der Waals surface area contributed by atoms with Gasteiger partial charge >= 0.3 is 0 Å². The van der Waals surface area contributed by atoms with Crippen LogP contribution in [-0.4, -0.2) is 65.4 Å². The molecule has 170 valence electrons. The van der Waals surface area contributed by atoms with Crippen molar-refractivity contribution < 1.29 is 9.59 Å². The van der Waals surface area contributed by atoms with Crippen LogP contribution < -0.4 is 5.32 Å². The number of benzene rings is 2. The number of rotatable bonds is 6. The quantitative estimate of drug-likeness (QED) is 0.471. The number of hydrogen-bond donors (Lipinski definition) is 1. The first-order valence-electron chi connectivity index (χ1n) is 11.5. The number of amides is 2. The van der Waals surface area contributed by atoms with Crippen molar-refractivity contribution >= 4 is 39.7 Å². The molecule has 0 aliphatic carbocycles. The maximum absolute atomic E-state index is 12.8. The number of aromatic nitrogens is 1.